The minimum absolute atomic E-state index is 0.342. The summed E-state index contributed by atoms with van der Waals surface area (Å²) in [4.78, 5) is 11.7. The number of rotatable bonds is 1. The van der Waals surface area contributed by atoms with E-state index in [0.29, 0.717) is 16.9 Å². The highest BCUT2D eigenvalue weighted by molar-refractivity contribution is 5.89. The highest BCUT2D eigenvalue weighted by Gasteiger charge is 2.11. The number of hydrogen-bond acceptors (Lipinski definition) is 3. The summed E-state index contributed by atoms with van der Waals surface area (Å²) in [6, 6.07) is 5.53. The third kappa shape index (κ3) is 1.40. The molecular formula is C12H12O3. The first-order valence-electron chi connectivity index (χ1n) is 4.72. The van der Waals surface area contributed by atoms with Crippen LogP contribution in [0.5, 0.6) is 5.75 Å². The van der Waals surface area contributed by atoms with Gasteiger partial charge in [0, 0.05) is 0 Å². The Kier molecular flexibility index (Phi) is 2.23. The van der Waals surface area contributed by atoms with Crippen molar-refractivity contribution in [1.82, 2.24) is 0 Å². The first-order chi connectivity index (χ1) is 7.15. The van der Waals surface area contributed by atoms with E-state index in [4.69, 9.17) is 9.15 Å². The van der Waals surface area contributed by atoms with Crippen molar-refractivity contribution >= 4 is 10.8 Å². The van der Waals surface area contributed by atoms with Gasteiger partial charge in [0.1, 0.15) is 16.9 Å². The average Bonchev–Trinajstić information content (AvgIpc) is 2.25. The Bertz CT molecular complexity index is 567. The Morgan fingerprint density at radius 1 is 1.27 bits per heavy atom. The van der Waals surface area contributed by atoms with Crippen molar-refractivity contribution in [1.29, 1.82) is 0 Å². The first kappa shape index (κ1) is 9.77. The fourth-order valence-electron chi connectivity index (χ4n) is 1.68. The van der Waals surface area contributed by atoms with Crippen molar-refractivity contribution < 1.29 is 9.15 Å². The van der Waals surface area contributed by atoms with E-state index in [1.165, 1.54) is 0 Å². The molecule has 0 fully saturated rings. The second kappa shape index (κ2) is 3.42. The molecule has 0 radical (unpaired) electrons. The lowest BCUT2D eigenvalue weighted by Crippen LogP contribution is -2.04. The van der Waals surface area contributed by atoms with Gasteiger partial charge in [-0.25, -0.2) is 4.79 Å². The molecular weight excluding hydrogens is 192 g/mol. The van der Waals surface area contributed by atoms with Crippen molar-refractivity contribution in [2.75, 3.05) is 7.11 Å². The largest absolute Gasteiger partial charge is 0.496 e. The number of ether oxygens (including phenoxy) is 1. The fourth-order valence-corrected chi connectivity index (χ4v) is 1.68. The van der Waals surface area contributed by atoms with E-state index >= 15 is 0 Å². The average molecular weight is 204 g/mol. The van der Waals surface area contributed by atoms with Crippen LogP contribution in [-0.2, 0) is 0 Å². The number of benzene rings is 1. The van der Waals surface area contributed by atoms with Crippen molar-refractivity contribution in [2.24, 2.45) is 0 Å². The SMILES string of the molecule is COc1cccc2c(C)c(C)oc(=O)c12. The molecule has 2 aromatic rings. The van der Waals surface area contributed by atoms with Crippen molar-refractivity contribution in [2.45, 2.75) is 13.8 Å². The standard InChI is InChI=1S/C12H12O3/c1-7-8(2)15-12(13)11-9(7)5-4-6-10(11)14-3/h4-6H,1-3H3. The minimum atomic E-state index is -0.342. The lowest BCUT2D eigenvalue weighted by Gasteiger charge is -2.07. The molecule has 0 bridgehead atoms. The Balaban J connectivity index is 3.02. The molecule has 2 rings (SSSR count). The molecule has 0 N–H and O–H groups in total. The maximum atomic E-state index is 11.7. The zero-order valence-electron chi connectivity index (χ0n) is 8.96. The molecule has 3 nitrogen and oxygen atoms in total. The third-order valence-electron chi connectivity index (χ3n) is 2.63. The molecule has 0 unspecified atom stereocenters. The number of aryl methyl sites for hydroxylation is 2. The third-order valence-corrected chi connectivity index (χ3v) is 2.63. The molecule has 78 valence electrons. The maximum absolute atomic E-state index is 11.7. The highest BCUT2D eigenvalue weighted by Crippen LogP contribution is 2.25. The molecule has 0 spiro atoms. The lowest BCUT2D eigenvalue weighted by atomic mass is 10.1. The molecule has 0 amide bonds. The van der Waals surface area contributed by atoms with E-state index in [-0.39, 0.29) is 5.63 Å². The molecule has 0 saturated carbocycles. The zero-order valence-corrected chi connectivity index (χ0v) is 8.96. The van der Waals surface area contributed by atoms with Crippen LogP contribution < -0.4 is 10.4 Å². The summed E-state index contributed by atoms with van der Waals surface area (Å²) in [5.74, 6) is 1.21. The quantitative estimate of drug-likeness (QED) is 0.716. The Morgan fingerprint density at radius 2 is 2.00 bits per heavy atom. The van der Waals surface area contributed by atoms with E-state index in [1.807, 2.05) is 19.1 Å². The molecule has 1 heterocycles. The Hall–Kier alpha value is -1.77. The molecule has 1 aromatic heterocycles. The maximum Gasteiger partial charge on any atom is 0.347 e. The summed E-state index contributed by atoms with van der Waals surface area (Å²) in [7, 11) is 1.55. The van der Waals surface area contributed by atoms with Gasteiger partial charge in [0.25, 0.3) is 0 Å². The summed E-state index contributed by atoms with van der Waals surface area (Å²) in [6.07, 6.45) is 0. The van der Waals surface area contributed by atoms with Gasteiger partial charge in [0.05, 0.1) is 7.11 Å². The van der Waals surface area contributed by atoms with E-state index in [9.17, 15) is 4.79 Å². The molecule has 0 aliphatic rings. The molecule has 1 aromatic carbocycles. The molecule has 0 aliphatic carbocycles. The highest BCUT2D eigenvalue weighted by atomic mass is 16.5. The number of fused-ring (bicyclic) bond motifs is 1. The van der Waals surface area contributed by atoms with E-state index < -0.39 is 0 Å². The van der Waals surface area contributed by atoms with Gasteiger partial charge in [-0.1, -0.05) is 12.1 Å². The van der Waals surface area contributed by atoms with Crippen LogP contribution in [0.25, 0.3) is 10.8 Å². The van der Waals surface area contributed by atoms with Crippen molar-refractivity contribution in [3.05, 3.63) is 39.9 Å². The van der Waals surface area contributed by atoms with Gasteiger partial charge >= 0.3 is 5.63 Å². The Labute approximate surface area is 87.3 Å². The van der Waals surface area contributed by atoms with Gasteiger partial charge in [-0.15, -0.1) is 0 Å². The number of methoxy groups -OCH3 is 1. The smallest absolute Gasteiger partial charge is 0.347 e. The van der Waals surface area contributed by atoms with Gasteiger partial charge in [0.15, 0.2) is 0 Å². The summed E-state index contributed by atoms with van der Waals surface area (Å²) in [6.45, 7) is 3.72. The van der Waals surface area contributed by atoms with Gasteiger partial charge in [-0.05, 0) is 30.9 Å². The van der Waals surface area contributed by atoms with Gasteiger partial charge in [-0.2, -0.15) is 0 Å². The van der Waals surface area contributed by atoms with Crippen LogP contribution >= 0.6 is 0 Å². The van der Waals surface area contributed by atoms with Crippen LogP contribution in [0.3, 0.4) is 0 Å². The molecule has 0 atom stereocenters. The number of hydrogen-bond donors (Lipinski definition) is 0. The predicted octanol–water partition coefficient (Wildman–Crippen LogP) is 2.42. The normalized spacial score (nSPS) is 10.6. The van der Waals surface area contributed by atoms with E-state index in [2.05, 4.69) is 0 Å². The van der Waals surface area contributed by atoms with Crippen LogP contribution in [0.2, 0.25) is 0 Å². The molecule has 3 heteroatoms. The Morgan fingerprint density at radius 3 is 2.67 bits per heavy atom. The van der Waals surface area contributed by atoms with Gasteiger partial charge in [0.2, 0.25) is 0 Å². The van der Waals surface area contributed by atoms with Gasteiger partial charge < -0.3 is 9.15 Å². The predicted molar refractivity (Wildman–Crippen MR) is 58.5 cm³/mol. The van der Waals surface area contributed by atoms with Crippen molar-refractivity contribution in [3.63, 3.8) is 0 Å². The summed E-state index contributed by atoms with van der Waals surface area (Å²) in [5.41, 5.74) is 0.633. The van der Waals surface area contributed by atoms with E-state index in [1.54, 1.807) is 20.1 Å². The fraction of sp³-hybridized carbons (Fsp3) is 0.250. The molecule has 0 aliphatic heterocycles. The van der Waals surface area contributed by atoms with E-state index in [0.717, 1.165) is 10.9 Å². The molecule has 15 heavy (non-hydrogen) atoms. The summed E-state index contributed by atoms with van der Waals surface area (Å²) < 4.78 is 10.3. The lowest BCUT2D eigenvalue weighted by molar-refractivity contribution is 0.415. The van der Waals surface area contributed by atoms with Crippen LogP contribution in [0.15, 0.2) is 27.4 Å². The van der Waals surface area contributed by atoms with Crippen LogP contribution in [0.4, 0.5) is 0 Å². The second-order valence-corrected chi connectivity index (χ2v) is 3.45. The first-order valence-corrected chi connectivity index (χ1v) is 4.72. The second-order valence-electron chi connectivity index (χ2n) is 3.45. The summed E-state index contributed by atoms with van der Waals surface area (Å²) >= 11 is 0. The van der Waals surface area contributed by atoms with Crippen LogP contribution in [-0.4, -0.2) is 7.11 Å². The van der Waals surface area contributed by atoms with Crippen LogP contribution in [0.1, 0.15) is 11.3 Å². The van der Waals surface area contributed by atoms with Crippen molar-refractivity contribution in [3.8, 4) is 5.75 Å². The van der Waals surface area contributed by atoms with Crippen LogP contribution in [0, 0.1) is 13.8 Å². The zero-order chi connectivity index (χ0) is 11.0. The van der Waals surface area contributed by atoms with Gasteiger partial charge in [-0.3, -0.25) is 0 Å². The summed E-state index contributed by atoms with van der Waals surface area (Å²) in [5, 5.41) is 1.41. The topological polar surface area (TPSA) is 39.4 Å². The monoisotopic (exact) mass is 204 g/mol. The minimum Gasteiger partial charge on any atom is -0.496 e. The molecule has 0 saturated heterocycles.